The lowest BCUT2D eigenvalue weighted by Gasteiger charge is -2.30. The number of thiazole rings is 1. The van der Waals surface area contributed by atoms with E-state index in [0.29, 0.717) is 50.6 Å². The van der Waals surface area contributed by atoms with Crippen molar-refractivity contribution in [2.75, 3.05) is 20.2 Å². The maximum atomic E-state index is 14.1. The first-order chi connectivity index (χ1) is 19.3. The summed E-state index contributed by atoms with van der Waals surface area (Å²) < 4.78 is 7.73. The molecule has 1 aliphatic rings. The van der Waals surface area contributed by atoms with E-state index < -0.39 is 11.0 Å². The molecular formula is C30H28N4O5S. The molecule has 0 radical (unpaired) electrons. The molecule has 0 saturated heterocycles. The second kappa shape index (κ2) is 10.9. The highest BCUT2D eigenvalue weighted by molar-refractivity contribution is 7.07. The molecule has 1 amide bonds. The Balaban J connectivity index is 1.84. The van der Waals surface area contributed by atoms with Crippen molar-refractivity contribution in [3.05, 3.63) is 113 Å². The third-order valence-electron chi connectivity index (χ3n) is 7.11. The van der Waals surface area contributed by atoms with Gasteiger partial charge in [-0.25, -0.2) is 4.99 Å². The summed E-state index contributed by atoms with van der Waals surface area (Å²) >= 11 is 1.18. The maximum Gasteiger partial charge on any atom is 0.271 e. The van der Waals surface area contributed by atoms with Crippen LogP contribution in [0.15, 0.2) is 81.7 Å². The van der Waals surface area contributed by atoms with Gasteiger partial charge in [0.15, 0.2) is 4.80 Å². The minimum atomic E-state index is -0.794. The van der Waals surface area contributed by atoms with Crippen LogP contribution in [0.3, 0.4) is 0 Å². The van der Waals surface area contributed by atoms with E-state index in [0.717, 1.165) is 10.8 Å². The number of amides is 1. The Morgan fingerprint density at radius 1 is 1.15 bits per heavy atom. The Bertz CT molecular complexity index is 1870. The minimum Gasteiger partial charge on any atom is -0.496 e. The van der Waals surface area contributed by atoms with Gasteiger partial charge in [0.25, 0.3) is 17.2 Å². The summed E-state index contributed by atoms with van der Waals surface area (Å²) in [6, 6.07) is 16.9. The first kappa shape index (κ1) is 27.0. The van der Waals surface area contributed by atoms with Gasteiger partial charge in [-0.3, -0.25) is 24.3 Å². The van der Waals surface area contributed by atoms with Gasteiger partial charge < -0.3 is 9.64 Å². The number of nitro groups is 1. The van der Waals surface area contributed by atoms with Gasteiger partial charge in [0.05, 0.1) is 27.8 Å². The van der Waals surface area contributed by atoms with E-state index in [2.05, 4.69) is 0 Å². The van der Waals surface area contributed by atoms with Crippen LogP contribution in [0.25, 0.3) is 16.8 Å². The minimum absolute atomic E-state index is 0.0668. The van der Waals surface area contributed by atoms with Crippen molar-refractivity contribution < 1.29 is 14.5 Å². The molecule has 10 heteroatoms. The maximum absolute atomic E-state index is 14.1. The Labute approximate surface area is 234 Å². The number of likely N-dealkylation sites (N-methyl/N-ethyl adjacent to an activating group) is 1. The van der Waals surface area contributed by atoms with Crippen LogP contribution in [0.5, 0.6) is 5.75 Å². The molecule has 4 aromatic rings. The molecule has 204 valence electrons. The van der Waals surface area contributed by atoms with E-state index in [1.807, 2.05) is 50.2 Å². The second-order valence-corrected chi connectivity index (χ2v) is 10.3. The van der Waals surface area contributed by atoms with Crippen LogP contribution in [0.1, 0.15) is 37.9 Å². The Morgan fingerprint density at radius 3 is 2.60 bits per heavy atom. The summed E-state index contributed by atoms with van der Waals surface area (Å²) in [5.74, 6) is 0.357. The molecule has 0 spiro atoms. The lowest BCUT2D eigenvalue weighted by atomic mass is 9.90. The predicted molar refractivity (Wildman–Crippen MR) is 155 cm³/mol. The van der Waals surface area contributed by atoms with Crippen molar-refractivity contribution in [2.24, 2.45) is 4.99 Å². The van der Waals surface area contributed by atoms with E-state index in [1.54, 1.807) is 41.7 Å². The van der Waals surface area contributed by atoms with Crippen LogP contribution >= 0.6 is 11.3 Å². The van der Waals surface area contributed by atoms with E-state index in [1.165, 1.54) is 23.5 Å². The first-order valence-electron chi connectivity index (χ1n) is 12.9. The molecule has 9 nitrogen and oxygen atoms in total. The third kappa shape index (κ3) is 4.60. The molecule has 0 aliphatic carbocycles. The Kier molecular flexibility index (Phi) is 7.36. The number of aromatic nitrogens is 1. The molecule has 2 heterocycles. The zero-order valence-electron chi connectivity index (χ0n) is 22.6. The number of nitrogens with zero attached hydrogens (tertiary/aromatic N) is 4. The number of hydrogen-bond acceptors (Lipinski definition) is 7. The van der Waals surface area contributed by atoms with Crippen molar-refractivity contribution in [3.63, 3.8) is 0 Å². The van der Waals surface area contributed by atoms with Crippen molar-refractivity contribution in [1.29, 1.82) is 0 Å². The molecular weight excluding hydrogens is 528 g/mol. The molecule has 40 heavy (non-hydrogen) atoms. The summed E-state index contributed by atoms with van der Waals surface area (Å²) in [7, 11) is 1.57. The normalized spacial score (nSPS) is 15.1. The topological polar surface area (TPSA) is 107 Å². The van der Waals surface area contributed by atoms with Gasteiger partial charge in [0, 0.05) is 30.8 Å². The van der Waals surface area contributed by atoms with Crippen LogP contribution in [0.2, 0.25) is 0 Å². The smallest absolute Gasteiger partial charge is 0.271 e. The highest BCUT2D eigenvalue weighted by Gasteiger charge is 2.36. The number of fused-ring (bicyclic) bond motifs is 2. The fraction of sp³-hybridized carbons (Fsp3) is 0.233. The van der Waals surface area contributed by atoms with Gasteiger partial charge in [-0.2, -0.15) is 0 Å². The molecule has 1 aromatic heterocycles. The fourth-order valence-corrected chi connectivity index (χ4v) is 6.21. The molecule has 0 N–H and O–H groups in total. The number of carbonyl (C=O) groups is 1. The van der Waals surface area contributed by atoms with Crippen LogP contribution in [-0.2, 0) is 4.79 Å². The zero-order chi connectivity index (χ0) is 28.6. The molecule has 1 aliphatic heterocycles. The van der Waals surface area contributed by atoms with Crippen molar-refractivity contribution in [3.8, 4) is 5.75 Å². The predicted octanol–water partition coefficient (Wildman–Crippen LogP) is 4.17. The van der Waals surface area contributed by atoms with Crippen molar-refractivity contribution in [2.45, 2.75) is 26.8 Å². The number of non-ortho nitro benzene ring substituents is 1. The van der Waals surface area contributed by atoms with Crippen LogP contribution in [0, 0.1) is 10.1 Å². The van der Waals surface area contributed by atoms with Gasteiger partial charge in [-0.15, -0.1) is 0 Å². The average molecular weight is 557 g/mol. The van der Waals surface area contributed by atoms with Crippen molar-refractivity contribution in [1.82, 2.24) is 9.47 Å². The van der Waals surface area contributed by atoms with Crippen LogP contribution in [0.4, 0.5) is 5.69 Å². The lowest BCUT2D eigenvalue weighted by molar-refractivity contribution is -0.384. The van der Waals surface area contributed by atoms with E-state index in [9.17, 15) is 19.7 Å². The molecule has 0 saturated carbocycles. The number of methoxy groups -OCH3 is 1. The summed E-state index contributed by atoms with van der Waals surface area (Å²) in [4.78, 5) is 45.8. The Morgan fingerprint density at radius 2 is 1.90 bits per heavy atom. The molecule has 3 aromatic carbocycles. The molecule has 0 fully saturated rings. The van der Waals surface area contributed by atoms with Gasteiger partial charge in [0.2, 0.25) is 0 Å². The third-order valence-corrected chi connectivity index (χ3v) is 8.09. The highest BCUT2D eigenvalue weighted by atomic mass is 32.1. The number of ether oxygens (including phenoxy) is 1. The lowest BCUT2D eigenvalue weighted by Crippen LogP contribution is -2.43. The number of hydrogen-bond donors (Lipinski definition) is 0. The van der Waals surface area contributed by atoms with E-state index in [4.69, 9.17) is 9.73 Å². The van der Waals surface area contributed by atoms with E-state index >= 15 is 0 Å². The Hall–Kier alpha value is -4.57. The molecule has 0 bridgehead atoms. The zero-order valence-corrected chi connectivity index (χ0v) is 23.4. The van der Waals surface area contributed by atoms with Gasteiger partial charge in [-0.1, -0.05) is 53.8 Å². The van der Waals surface area contributed by atoms with Crippen LogP contribution in [-0.4, -0.2) is 40.5 Å². The van der Waals surface area contributed by atoms with Crippen LogP contribution < -0.4 is 19.6 Å². The summed E-state index contributed by atoms with van der Waals surface area (Å²) in [6.45, 7) is 6.63. The number of benzene rings is 3. The average Bonchev–Trinajstić information content (AvgIpc) is 3.26. The number of nitro benzene ring substituents is 1. The van der Waals surface area contributed by atoms with Gasteiger partial charge in [0.1, 0.15) is 11.8 Å². The molecule has 1 atom stereocenters. The summed E-state index contributed by atoms with van der Waals surface area (Å²) in [5.41, 5.74) is 1.76. The van der Waals surface area contributed by atoms with E-state index in [-0.39, 0.29) is 17.2 Å². The molecule has 0 unspecified atom stereocenters. The molecule has 5 rings (SSSR count). The quantitative estimate of drug-likeness (QED) is 0.251. The summed E-state index contributed by atoms with van der Waals surface area (Å²) in [5, 5.41) is 13.1. The second-order valence-electron chi connectivity index (χ2n) is 9.31. The standard InChI is InChI=1S/C30H28N4O5S/c1-5-32(6-2)29(36)25-18(3)31-30-33(27(25)26-22-13-8-7-11-20(22)14-15-23(26)39-4)28(35)24(40-30)17-19-10-9-12-21(16-19)34(37)38/h7-17,27H,5-6H2,1-4H3/b24-17+/t27-/m1/s1. The van der Waals surface area contributed by atoms with Gasteiger partial charge in [-0.05, 0) is 49.2 Å². The SMILES string of the molecule is CCN(CC)C(=O)C1=C(C)N=c2s/c(=C/c3cccc([N+](=O)[O-])c3)c(=O)n2[C@H]1c1c(OC)ccc2ccccc12. The summed E-state index contributed by atoms with van der Waals surface area (Å²) in [6.07, 6.45) is 1.62. The monoisotopic (exact) mass is 556 g/mol. The largest absolute Gasteiger partial charge is 0.496 e. The first-order valence-corrected chi connectivity index (χ1v) is 13.7. The number of allylic oxidation sites excluding steroid dienone is 1. The van der Waals surface area contributed by atoms with Crippen molar-refractivity contribution >= 4 is 39.8 Å². The number of carbonyl (C=O) groups excluding carboxylic acids is 1. The number of rotatable bonds is 7. The fourth-order valence-electron chi connectivity index (χ4n) is 5.16. The highest BCUT2D eigenvalue weighted by Crippen LogP contribution is 2.40. The van der Waals surface area contributed by atoms with Gasteiger partial charge >= 0.3 is 0 Å².